The van der Waals surface area contributed by atoms with Gasteiger partial charge < -0.3 is 15.4 Å². The molecule has 2 aromatic rings. The maximum atomic E-state index is 5.71. The Morgan fingerprint density at radius 2 is 1.96 bits per heavy atom. The maximum Gasteiger partial charge on any atom is 0.191 e. The zero-order chi connectivity index (χ0) is 16.5. The minimum Gasteiger partial charge on any atom is -0.492 e. The van der Waals surface area contributed by atoms with Gasteiger partial charge in [-0.1, -0.05) is 17.7 Å². The fraction of sp³-hybridized carbons (Fsp3) is 0.412. The monoisotopic (exact) mass is 460 g/mol. The molecule has 1 aromatic heterocycles. The number of halogens is 1. The first-order valence-electron chi connectivity index (χ1n) is 7.79. The molecule has 0 spiro atoms. The fourth-order valence-corrected chi connectivity index (χ4v) is 2.64. The first-order chi connectivity index (χ1) is 11.2. The number of benzene rings is 1. The molecule has 132 valence electrons. The van der Waals surface area contributed by atoms with Crippen molar-refractivity contribution < 1.29 is 4.74 Å². The van der Waals surface area contributed by atoms with E-state index >= 15 is 0 Å². The third-order valence-corrected chi connectivity index (χ3v) is 4.17. The number of thiazole rings is 1. The predicted octanol–water partition coefficient (Wildman–Crippen LogP) is 3.51. The molecule has 1 aromatic carbocycles. The number of aryl methyl sites for hydroxylation is 2. The second-order valence-electron chi connectivity index (χ2n) is 5.14. The molecular formula is C17H25IN4OS. The van der Waals surface area contributed by atoms with Crippen molar-refractivity contribution in [3.8, 4) is 5.75 Å². The molecule has 0 radical (unpaired) electrons. The van der Waals surface area contributed by atoms with Crippen molar-refractivity contribution in [1.29, 1.82) is 0 Å². The van der Waals surface area contributed by atoms with Gasteiger partial charge in [-0.05, 0) is 32.9 Å². The van der Waals surface area contributed by atoms with Gasteiger partial charge in [-0.25, -0.2) is 9.98 Å². The van der Waals surface area contributed by atoms with E-state index in [2.05, 4.69) is 34.5 Å². The Morgan fingerprint density at radius 1 is 1.21 bits per heavy atom. The molecule has 0 fully saturated rings. The van der Waals surface area contributed by atoms with E-state index in [0.717, 1.165) is 23.9 Å². The molecule has 2 rings (SSSR count). The van der Waals surface area contributed by atoms with Crippen LogP contribution >= 0.6 is 35.3 Å². The first-order valence-corrected chi connectivity index (χ1v) is 8.67. The van der Waals surface area contributed by atoms with Crippen LogP contribution in [-0.4, -0.2) is 30.6 Å². The molecule has 24 heavy (non-hydrogen) atoms. The Labute approximate surface area is 165 Å². The molecule has 0 atom stereocenters. The zero-order valence-corrected chi connectivity index (χ0v) is 17.5. The van der Waals surface area contributed by atoms with Gasteiger partial charge in [0.2, 0.25) is 0 Å². The van der Waals surface area contributed by atoms with Gasteiger partial charge in [0.25, 0.3) is 0 Å². The molecule has 0 saturated heterocycles. The Balaban J connectivity index is 0.00000288. The standard InChI is InChI=1S/C17H24N4OS.HI/c1-4-18-17(20-11-16-14(3)21-12-23-16)19-9-10-22-15-7-5-13(2)6-8-15;/h5-8,12H,4,9-11H2,1-3H3,(H2,18,19,20);1H. The van der Waals surface area contributed by atoms with E-state index in [0.29, 0.717) is 19.7 Å². The zero-order valence-electron chi connectivity index (χ0n) is 14.3. The van der Waals surface area contributed by atoms with Gasteiger partial charge in [-0.15, -0.1) is 35.3 Å². The highest BCUT2D eigenvalue weighted by atomic mass is 127. The fourth-order valence-electron chi connectivity index (χ4n) is 1.94. The summed E-state index contributed by atoms with van der Waals surface area (Å²) < 4.78 is 5.71. The SMILES string of the molecule is CCNC(=NCc1scnc1C)NCCOc1ccc(C)cc1.I. The van der Waals surface area contributed by atoms with Crippen LogP contribution in [0.25, 0.3) is 0 Å². The Morgan fingerprint density at radius 3 is 2.58 bits per heavy atom. The predicted molar refractivity (Wildman–Crippen MR) is 112 cm³/mol. The Hall–Kier alpha value is -1.35. The lowest BCUT2D eigenvalue weighted by molar-refractivity contribution is 0.322. The molecule has 7 heteroatoms. The van der Waals surface area contributed by atoms with E-state index < -0.39 is 0 Å². The Bertz CT molecular complexity index is 628. The summed E-state index contributed by atoms with van der Waals surface area (Å²) in [7, 11) is 0. The number of guanidine groups is 1. The second kappa shape index (κ2) is 11.2. The molecule has 1 heterocycles. The van der Waals surface area contributed by atoms with Crippen LogP contribution in [-0.2, 0) is 6.54 Å². The van der Waals surface area contributed by atoms with Gasteiger partial charge in [0.1, 0.15) is 12.4 Å². The van der Waals surface area contributed by atoms with Crippen LogP contribution in [0.1, 0.15) is 23.1 Å². The largest absolute Gasteiger partial charge is 0.492 e. The number of aromatic nitrogens is 1. The van der Waals surface area contributed by atoms with Gasteiger partial charge in [-0.3, -0.25) is 0 Å². The molecule has 0 bridgehead atoms. The molecule has 2 N–H and O–H groups in total. The number of nitrogens with zero attached hydrogens (tertiary/aromatic N) is 2. The molecule has 0 unspecified atom stereocenters. The molecule has 0 saturated carbocycles. The number of aliphatic imine (C=N–C) groups is 1. The summed E-state index contributed by atoms with van der Waals surface area (Å²) in [6.45, 7) is 8.88. The van der Waals surface area contributed by atoms with E-state index in [1.165, 1.54) is 10.4 Å². The van der Waals surface area contributed by atoms with Crippen LogP contribution in [0, 0.1) is 13.8 Å². The van der Waals surface area contributed by atoms with E-state index in [1.807, 2.05) is 36.7 Å². The third kappa shape index (κ3) is 7.04. The summed E-state index contributed by atoms with van der Waals surface area (Å²) in [4.78, 5) is 10.0. The lowest BCUT2D eigenvalue weighted by atomic mass is 10.2. The summed E-state index contributed by atoms with van der Waals surface area (Å²) in [6.07, 6.45) is 0. The van der Waals surface area contributed by atoms with Crippen molar-refractivity contribution in [2.75, 3.05) is 19.7 Å². The summed E-state index contributed by atoms with van der Waals surface area (Å²) >= 11 is 1.64. The van der Waals surface area contributed by atoms with E-state index in [-0.39, 0.29) is 24.0 Å². The van der Waals surface area contributed by atoms with Crippen LogP contribution < -0.4 is 15.4 Å². The minimum atomic E-state index is 0. The average Bonchev–Trinajstić information content (AvgIpc) is 2.96. The maximum absolute atomic E-state index is 5.71. The highest BCUT2D eigenvalue weighted by Gasteiger charge is 2.02. The van der Waals surface area contributed by atoms with Crippen molar-refractivity contribution >= 4 is 41.3 Å². The van der Waals surface area contributed by atoms with Gasteiger partial charge in [-0.2, -0.15) is 0 Å². The number of nitrogens with one attached hydrogen (secondary N) is 2. The van der Waals surface area contributed by atoms with E-state index in [1.54, 1.807) is 11.3 Å². The normalized spacial score (nSPS) is 10.9. The summed E-state index contributed by atoms with van der Waals surface area (Å²) in [5, 5.41) is 6.52. The van der Waals surface area contributed by atoms with Crippen molar-refractivity contribution in [3.05, 3.63) is 45.9 Å². The quantitative estimate of drug-likeness (QED) is 0.288. The molecule has 0 amide bonds. The van der Waals surface area contributed by atoms with Gasteiger partial charge in [0, 0.05) is 11.4 Å². The Kier molecular flexibility index (Phi) is 9.70. The van der Waals surface area contributed by atoms with Crippen molar-refractivity contribution in [3.63, 3.8) is 0 Å². The van der Waals surface area contributed by atoms with Gasteiger partial charge in [0.05, 0.1) is 24.3 Å². The van der Waals surface area contributed by atoms with Gasteiger partial charge >= 0.3 is 0 Å². The summed E-state index contributed by atoms with van der Waals surface area (Å²) in [6, 6.07) is 8.07. The highest BCUT2D eigenvalue weighted by molar-refractivity contribution is 14.0. The molecule has 0 aliphatic carbocycles. The number of hydrogen-bond acceptors (Lipinski definition) is 4. The van der Waals surface area contributed by atoms with Crippen LogP contribution in [0.5, 0.6) is 5.75 Å². The lowest BCUT2D eigenvalue weighted by Crippen LogP contribution is -2.39. The first kappa shape index (κ1) is 20.7. The van der Waals surface area contributed by atoms with Crippen molar-refractivity contribution in [2.45, 2.75) is 27.3 Å². The van der Waals surface area contributed by atoms with E-state index in [4.69, 9.17) is 4.74 Å². The topological polar surface area (TPSA) is 58.5 Å². The van der Waals surface area contributed by atoms with Crippen LogP contribution in [0.4, 0.5) is 0 Å². The summed E-state index contributed by atoms with van der Waals surface area (Å²) in [5.41, 5.74) is 4.14. The third-order valence-electron chi connectivity index (χ3n) is 3.25. The van der Waals surface area contributed by atoms with Crippen molar-refractivity contribution in [1.82, 2.24) is 15.6 Å². The van der Waals surface area contributed by atoms with Crippen LogP contribution in [0.2, 0.25) is 0 Å². The number of ether oxygens (including phenoxy) is 1. The molecule has 0 aliphatic rings. The average molecular weight is 460 g/mol. The summed E-state index contributed by atoms with van der Waals surface area (Å²) in [5.74, 6) is 1.69. The minimum absolute atomic E-state index is 0. The highest BCUT2D eigenvalue weighted by Crippen LogP contribution is 2.13. The molecular weight excluding hydrogens is 435 g/mol. The van der Waals surface area contributed by atoms with Gasteiger partial charge in [0.15, 0.2) is 5.96 Å². The molecule has 0 aliphatic heterocycles. The van der Waals surface area contributed by atoms with Crippen molar-refractivity contribution in [2.24, 2.45) is 4.99 Å². The smallest absolute Gasteiger partial charge is 0.191 e. The van der Waals surface area contributed by atoms with Crippen LogP contribution in [0.3, 0.4) is 0 Å². The molecule has 5 nitrogen and oxygen atoms in total. The number of hydrogen-bond donors (Lipinski definition) is 2. The van der Waals surface area contributed by atoms with Crippen LogP contribution in [0.15, 0.2) is 34.8 Å². The second-order valence-corrected chi connectivity index (χ2v) is 6.08. The lowest BCUT2D eigenvalue weighted by Gasteiger charge is -2.12. The number of rotatable bonds is 7. The van der Waals surface area contributed by atoms with E-state index in [9.17, 15) is 0 Å².